The molecule has 2 rings (SSSR count). The fourth-order valence-corrected chi connectivity index (χ4v) is 4.72. The first-order chi connectivity index (χ1) is 7.61. The summed E-state index contributed by atoms with van der Waals surface area (Å²) < 4.78 is 0. The lowest BCUT2D eigenvalue weighted by atomic mass is 9.56. The second kappa shape index (κ2) is 5.10. The van der Waals surface area contributed by atoms with Crippen molar-refractivity contribution in [2.75, 3.05) is 0 Å². The molecule has 0 aromatic heterocycles. The second-order valence-corrected chi connectivity index (χ2v) is 7.01. The van der Waals surface area contributed by atoms with Crippen molar-refractivity contribution in [3.63, 3.8) is 0 Å². The van der Waals surface area contributed by atoms with Crippen LogP contribution in [0.2, 0.25) is 0 Å². The second-order valence-electron chi connectivity index (χ2n) is 7.01. The van der Waals surface area contributed by atoms with Crippen LogP contribution in [0.3, 0.4) is 0 Å². The lowest BCUT2D eigenvalue weighted by molar-refractivity contribution is 0.00528. The lowest BCUT2D eigenvalue weighted by Crippen LogP contribution is -2.41. The number of hydrogen-bond acceptors (Lipinski definition) is 0. The topological polar surface area (TPSA) is 0 Å². The summed E-state index contributed by atoms with van der Waals surface area (Å²) in [7, 11) is 0. The van der Waals surface area contributed by atoms with Gasteiger partial charge in [0.25, 0.3) is 0 Å². The summed E-state index contributed by atoms with van der Waals surface area (Å²) >= 11 is 0. The molecule has 0 aliphatic heterocycles. The van der Waals surface area contributed by atoms with Gasteiger partial charge in [-0.3, -0.25) is 0 Å². The molecule has 2 unspecified atom stereocenters. The zero-order valence-corrected chi connectivity index (χ0v) is 11.7. The van der Waals surface area contributed by atoms with Crippen LogP contribution in [0.1, 0.15) is 66.2 Å². The van der Waals surface area contributed by atoms with E-state index in [1.165, 1.54) is 38.5 Å². The number of rotatable bonds is 2. The Kier molecular flexibility index (Phi) is 3.97. The molecule has 2 fully saturated rings. The summed E-state index contributed by atoms with van der Waals surface area (Å²) in [5.74, 6) is 6.04. The van der Waals surface area contributed by atoms with E-state index in [0.717, 1.165) is 35.5 Å². The van der Waals surface area contributed by atoms with Crippen LogP contribution in [0.15, 0.2) is 0 Å². The van der Waals surface area contributed by atoms with E-state index in [4.69, 9.17) is 0 Å². The van der Waals surface area contributed by atoms with Crippen LogP contribution in [0.25, 0.3) is 0 Å². The van der Waals surface area contributed by atoms with E-state index in [1.54, 1.807) is 0 Å². The molecule has 2 aliphatic rings. The minimum absolute atomic E-state index is 0.909. The van der Waals surface area contributed by atoms with E-state index in [9.17, 15) is 0 Å². The maximum absolute atomic E-state index is 2.46. The molecule has 0 amide bonds. The van der Waals surface area contributed by atoms with Crippen molar-refractivity contribution in [3.05, 3.63) is 0 Å². The van der Waals surface area contributed by atoms with E-state index in [0.29, 0.717) is 0 Å². The molecule has 0 heteroatoms. The van der Waals surface area contributed by atoms with Gasteiger partial charge in [0.15, 0.2) is 0 Å². The van der Waals surface area contributed by atoms with Gasteiger partial charge in [-0.2, -0.15) is 0 Å². The molecule has 0 saturated heterocycles. The highest BCUT2D eigenvalue weighted by Gasteiger charge is 2.42. The lowest BCUT2D eigenvalue weighted by Gasteiger charge is -2.49. The standard InChI is InChI=1S/C16H30/c1-11(2)14-9-5-7-13-8-6-10-15(12(3)4)16(13)14/h11-16H,5-10H2,1-4H3. The normalized spacial score (nSPS) is 40.1. The zero-order chi connectivity index (χ0) is 11.7. The Hall–Kier alpha value is 0. The third kappa shape index (κ3) is 2.31. The Labute approximate surface area is 102 Å². The molecule has 0 bridgehead atoms. The van der Waals surface area contributed by atoms with Crippen molar-refractivity contribution in [2.45, 2.75) is 66.2 Å². The average Bonchev–Trinajstić information content (AvgIpc) is 2.27. The van der Waals surface area contributed by atoms with Crippen molar-refractivity contribution >= 4 is 0 Å². The van der Waals surface area contributed by atoms with Gasteiger partial charge in [-0.25, -0.2) is 0 Å². The highest BCUT2D eigenvalue weighted by Crippen LogP contribution is 2.51. The SMILES string of the molecule is CC(C)C1CCCC2CCCC(C(C)C)C21. The van der Waals surface area contributed by atoms with Gasteiger partial charge in [0.05, 0.1) is 0 Å². The third-order valence-corrected chi connectivity index (χ3v) is 5.47. The minimum atomic E-state index is 0.909. The minimum Gasteiger partial charge on any atom is -0.0625 e. The fourth-order valence-electron chi connectivity index (χ4n) is 4.72. The third-order valence-electron chi connectivity index (χ3n) is 5.47. The Morgan fingerprint density at radius 2 is 1.12 bits per heavy atom. The molecule has 2 atom stereocenters. The maximum Gasteiger partial charge on any atom is -0.0324 e. The van der Waals surface area contributed by atoms with Crippen molar-refractivity contribution in [1.82, 2.24) is 0 Å². The smallest absolute Gasteiger partial charge is 0.0324 e. The van der Waals surface area contributed by atoms with Crippen molar-refractivity contribution in [2.24, 2.45) is 35.5 Å². The summed E-state index contributed by atoms with van der Waals surface area (Å²) in [6.07, 6.45) is 9.13. The molecule has 94 valence electrons. The van der Waals surface area contributed by atoms with Crippen LogP contribution in [0.5, 0.6) is 0 Å². The van der Waals surface area contributed by atoms with E-state index >= 15 is 0 Å². The summed E-state index contributed by atoms with van der Waals surface area (Å²) in [6, 6.07) is 0. The van der Waals surface area contributed by atoms with Gasteiger partial charge in [0.1, 0.15) is 0 Å². The average molecular weight is 222 g/mol. The fraction of sp³-hybridized carbons (Fsp3) is 1.00. The molecule has 2 saturated carbocycles. The van der Waals surface area contributed by atoms with E-state index in [1.807, 2.05) is 0 Å². The van der Waals surface area contributed by atoms with Gasteiger partial charge in [0.2, 0.25) is 0 Å². The summed E-state index contributed by atoms with van der Waals surface area (Å²) in [5.41, 5.74) is 0. The molecule has 2 aliphatic carbocycles. The van der Waals surface area contributed by atoms with Crippen molar-refractivity contribution in [1.29, 1.82) is 0 Å². The summed E-state index contributed by atoms with van der Waals surface area (Å²) in [4.78, 5) is 0. The van der Waals surface area contributed by atoms with Gasteiger partial charge in [-0.1, -0.05) is 53.4 Å². The Morgan fingerprint density at radius 3 is 1.50 bits per heavy atom. The van der Waals surface area contributed by atoms with E-state index in [-0.39, 0.29) is 0 Å². The summed E-state index contributed by atoms with van der Waals surface area (Å²) in [5, 5.41) is 0. The Bertz CT molecular complexity index is 194. The predicted octanol–water partition coefficient (Wildman–Crippen LogP) is 5.13. The highest BCUT2D eigenvalue weighted by atomic mass is 14.5. The molecule has 0 spiro atoms. The van der Waals surface area contributed by atoms with E-state index in [2.05, 4.69) is 27.7 Å². The molecule has 0 heterocycles. The number of fused-ring (bicyclic) bond motifs is 1. The molecular formula is C16H30. The van der Waals surface area contributed by atoms with Crippen LogP contribution < -0.4 is 0 Å². The van der Waals surface area contributed by atoms with Crippen LogP contribution >= 0.6 is 0 Å². The quantitative estimate of drug-likeness (QED) is 0.607. The first-order valence-corrected chi connectivity index (χ1v) is 7.61. The highest BCUT2D eigenvalue weighted by molar-refractivity contribution is 4.91. The maximum atomic E-state index is 2.46. The summed E-state index contributed by atoms with van der Waals surface area (Å²) in [6.45, 7) is 9.83. The monoisotopic (exact) mass is 222 g/mol. The van der Waals surface area contributed by atoms with Crippen LogP contribution in [0.4, 0.5) is 0 Å². The Morgan fingerprint density at radius 1 is 0.688 bits per heavy atom. The predicted molar refractivity (Wildman–Crippen MR) is 71.3 cm³/mol. The van der Waals surface area contributed by atoms with E-state index < -0.39 is 0 Å². The van der Waals surface area contributed by atoms with Gasteiger partial charge in [-0.05, 0) is 48.3 Å². The first-order valence-electron chi connectivity index (χ1n) is 7.61. The van der Waals surface area contributed by atoms with Crippen LogP contribution in [0, 0.1) is 35.5 Å². The van der Waals surface area contributed by atoms with Gasteiger partial charge >= 0.3 is 0 Å². The number of hydrogen-bond donors (Lipinski definition) is 0. The van der Waals surface area contributed by atoms with Crippen molar-refractivity contribution in [3.8, 4) is 0 Å². The molecule has 0 aromatic rings. The molecule has 0 radical (unpaired) electrons. The van der Waals surface area contributed by atoms with Gasteiger partial charge in [0, 0.05) is 0 Å². The molecular weight excluding hydrogens is 192 g/mol. The van der Waals surface area contributed by atoms with Gasteiger partial charge in [-0.15, -0.1) is 0 Å². The molecule has 16 heavy (non-hydrogen) atoms. The van der Waals surface area contributed by atoms with Crippen LogP contribution in [-0.2, 0) is 0 Å². The molecule has 0 N–H and O–H groups in total. The van der Waals surface area contributed by atoms with Crippen LogP contribution in [-0.4, -0.2) is 0 Å². The van der Waals surface area contributed by atoms with Crippen molar-refractivity contribution < 1.29 is 0 Å². The molecule has 0 aromatic carbocycles. The largest absolute Gasteiger partial charge is 0.0625 e. The molecule has 0 nitrogen and oxygen atoms in total. The zero-order valence-electron chi connectivity index (χ0n) is 11.7. The Balaban J connectivity index is 2.16. The first kappa shape index (κ1) is 12.5. The van der Waals surface area contributed by atoms with Gasteiger partial charge < -0.3 is 0 Å².